The average molecular weight is 338 g/mol. The van der Waals surface area contributed by atoms with E-state index in [2.05, 4.69) is 94.3 Å². The van der Waals surface area contributed by atoms with Crippen LogP contribution in [0.25, 0.3) is 0 Å². The van der Waals surface area contributed by atoms with Gasteiger partial charge in [-0.05, 0) is 43.9 Å². The lowest BCUT2D eigenvalue weighted by Gasteiger charge is -2.31. The quantitative estimate of drug-likeness (QED) is 0.777. The van der Waals surface area contributed by atoms with E-state index in [0.717, 1.165) is 6.42 Å². The topological polar surface area (TPSA) is 12.0 Å². The van der Waals surface area contributed by atoms with E-state index < -0.39 is 8.07 Å². The second-order valence-electron chi connectivity index (χ2n) is 9.26. The third-order valence-corrected chi connectivity index (χ3v) is 7.05. The Kier molecular flexibility index (Phi) is 4.48. The maximum atomic E-state index is 3.92. The second-order valence-corrected chi connectivity index (χ2v) is 14.3. The lowest BCUT2D eigenvalue weighted by Crippen LogP contribution is -2.41. The molecule has 1 N–H and O–H groups in total. The van der Waals surface area contributed by atoms with E-state index in [4.69, 9.17) is 0 Å². The first-order valence-corrected chi connectivity index (χ1v) is 12.6. The Morgan fingerprint density at radius 1 is 0.958 bits per heavy atom. The number of hydrogen-bond acceptors (Lipinski definition) is 1. The molecular weight excluding hydrogens is 306 g/mol. The largest absolute Gasteiger partial charge is 0.305 e. The maximum Gasteiger partial charge on any atom is 0.0776 e. The Bertz CT molecular complexity index is 707. The van der Waals surface area contributed by atoms with E-state index in [-0.39, 0.29) is 5.54 Å². The van der Waals surface area contributed by atoms with E-state index in [1.165, 1.54) is 16.7 Å². The first kappa shape index (κ1) is 17.4. The second kappa shape index (κ2) is 6.16. The molecule has 0 amide bonds. The molecule has 2 aromatic carbocycles. The normalized spacial score (nSPS) is 20.9. The van der Waals surface area contributed by atoms with Gasteiger partial charge in [0.25, 0.3) is 0 Å². The van der Waals surface area contributed by atoms with E-state index in [1.807, 2.05) is 0 Å². The van der Waals surface area contributed by atoms with Crippen LogP contribution in [0.4, 0.5) is 0 Å². The molecule has 1 nitrogen and oxygen atoms in total. The highest BCUT2D eigenvalue weighted by molar-refractivity contribution is 6.88. The summed E-state index contributed by atoms with van der Waals surface area (Å²) in [7, 11) is -1.29. The third kappa shape index (κ3) is 3.65. The van der Waals surface area contributed by atoms with Crippen LogP contribution in [0.5, 0.6) is 0 Å². The summed E-state index contributed by atoms with van der Waals surface area (Å²) >= 11 is 0. The summed E-state index contributed by atoms with van der Waals surface area (Å²) in [6.07, 6.45) is 1.14. The molecule has 128 valence electrons. The number of fused-ring (bicyclic) bond motifs is 1. The monoisotopic (exact) mass is 337 g/mol. The molecule has 0 radical (unpaired) electrons. The zero-order chi connectivity index (χ0) is 17.5. The zero-order valence-corrected chi connectivity index (χ0v) is 17.0. The van der Waals surface area contributed by atoms with Gasteiger partial charge in [-0.15, -0.1) is 0 Å². The molecule has 0 heterocycles. The van der Waals surface area contributed by atoms with Gasteiger partial charge >= 0.3 is 0 Å². The molecule has 1 aliphatic rings. The highest BCUT2D eigenvalue weighted by Gasteiger charge is 2.36. The molecule has 0 spiro atoms. The molecule has 0 unspecified atom stereocenters. The molecule has 3 rings (SSSR count). The maximum absolute atomic E-state index is 3.92. The van der Waals surface area contributed by atoms with Crippen molar-refractivity contribution in [3.05, 3.63) is 65.2 Å². The Morgan fingerprint density at radius 2 is 1.62 bits per heavy atom. The Balaban J connectivity index is 2.04. The third-order valence-electron chi connectivity index (χ3n) is 5.01. The molecule has 0 aliphatic heterocycles. The molecule has 0 bridgehead atoms. The van der Waals surface area contributed by atoms with Crippen LogP contribution in [0.3, 0.4) is 0 Å². The van der Waals surface area contributed by atoms with E-state index in [9.17, 15) is 0 Å². The highest BCUT2D eigenvalue weighted by atomic mass is 28.3. The van der Waals surface area contributed by atoms with Gasteiger partial charge in [-0.2, -0.15) is 0 Å². The predicted octanol–water partition coefficient (Wildman–Crippen LogP) is 5.00. The lowest BCUT2D eigenvalue weighted by molar-refractivity contribution is 0.340. The molecule has 0 aromatic heterocycles. The molecule has 2 heteroatoms. The van der Waals surface area contributed by atoms with Crippen molar-refractivity contribution in [1.82, 2.24) is 5.32 Å². The fourth-order valence-corrected chi connectivity index (χ4v) is 4.94. The predicted molar refractivity (Wildman–Crippen MR) is 108 cm³/mol. The molecule has 0 saturated heterocycles. The molecule has 24 heavy (non-hydrogen) atoms. The summed E-state index contributed by atoms with van der Waals surface area (Å²) < 4.78 is 0. The summed E-state index contributed by atoms with van der Waals surface area (Å²) in [6.45, 7) is 14.1. The highest BCUT2D eigenvalue weighted by Crippen LogP contribution is 2.43. The fourth-order valence-electron chi connectivity index (χ4n) is 3.76. The van der Waals surface area contributed by atoms with Crippen LogP contribution in [0.1, 0.15) is 49.4 Å². The molecule has 1 aliphatic carbocycles. The minimum atomic E-state index is -1.29. The van der Waals surface area contributed by atoms with Gasteiger partial charge < -0.3 is 5.32 Å². The smallest absolute Gasteiger partial charge is 0.0776 e. The molecule has 0 fully saturated rings. The number of benzene rings is 2. The summed E-state index contributed by atoms with van der Waals surface area (Å²) in [5.41, 5.74) is 4.60. The number of nitrogens with one attached hydrogen (secondary N) is 1. The van der Waals surface area contributed by atoms with Gasteiger partial charge in [0.15, 0.2) is 0 Å². The van der Waals surface area contributed by atoms with Gasteiger partial charge in [-0.3, -0.25) is 0 Å². The van der Waals surface area contributed by atoms with Crippen LogP contribution in [0.15, 0.2) is 48.5 Å². The molecule has 0 saturated carbocycles. The number of rotatable bonds is 3. The average Bonchev–Trinajstić information content (AvgIpc) is 2.83. The fraction of sp³-hybridized carbons (Fsp3) is 0.455. The minimum absolute atomic E-state index is 0.106. The van der Waals surface area contributed by atoms with Gasteiger partial charge in [0, 0.05) is 17.5 Å². The van der Waals surface area contributed by atoms with Crippen LogP contribution in [-0.2, 0) is 6.42 Å². The summed E-state index contributed by atoms with van der Waals surface area (Å²) in [6, 6.07) is 18.7. The van der Waals surface area contributed by atoms with Crippen LogP contribution in [0, 0.1) is 0 Å². The van der Waals surface area contributed by atoms with Crippen molar-refractivity contribution in [3.8, 4) is 0 Å². The molecule has 2 atom stereocenters. The van der Waals surface area contributed by atoms with Crippen molar-refractivity contribution >= 4 is 13.3 Å². The minimum Gasteiger partial charge on any atom is -0.305 e. The van der Waals surface area contributed by atoms with E-state index in [1.54, 1.807) is 5.19 Å². The van der Waals surface area contributed by atoms with Crippen LogP contribution < -0.4 is 10.5 Å². The van der Waals surface area contributed by atoms with Gasteiger partial charge in [0.1, 0.15) is 0 Å². The summed E-state index contributed by atoms with van der Waals surface area (Å²) in [5, 5.41) is 5.48. The van der Waals surface area contributed by atoms with Crippen LogP contribution in [0.2, 0.25) is 19.6 Å². The van der Waals surface area contributed by atoms with Crippen LogP contribution >= 0.6 is 0 Å². The zero-order valence-electron chi connectivity index (χ0n) is 16.0. The Labute approximate surface area is 148 Å². The molecular formula is C22H31NSi. The summed E-state index contributed by atoms with van der Waals surface area (Å²) in [4.78, 5) is 0. The van der Waals surface area contributed by atoms with E-state index >= 15 is 0 Å². The Hall–Kier alpha value is -1.38. The van der Waals surface area contributed by atoms with Crippen molar-refractivity contribution in [2.24, 2.45) is 0 Å². The van der Waals surface area contributed by atoms with Crippen molar-refractivity contribution < 1.29 is 0 Å². The first-order valence-electron chi connectivity index (χ1n) is 9.11. The Morgan fingerprint density at radius 3 is 2.21 bits per heavy atom. The van der Waals surface area contributed by atoms with Crippen molar-refractivity contribution in [2.75, 3.05) is 0 Å². The van der Waals surface area contributed by atoms with Gasteiger partial charge in [0.2, 0.25) is 0 Å². The van der Waals surface area contributed by atoms with Crippen molar-refractivity contribution in [2.45, 2.75) is 64.3 Å². The first-order chi connectivity index (χ1) is 11.1. The van der Waals surface area contributed by atoms with Crippen molar-refractivity contribution in [1.29, 1.82) is 0 Å². The van der Waals surface area contributed by atoms with Gasteiger partial charge in [-0.25, -0.2) is 0 Å². The van der Waals surface area contributed by atoms with E-state index in [0.29, 0.717) is 12.0 Å². The summed E-state index contributed by atoms with van der Waals surface area (Å²) in [5.74, 6) is 0.525. The molecule has 2 aromatic rings. The SMILES string of the molecule is CC(C)(C)N[C@@H]1c2cc([Si](C)(C)C)ccc2C[C@H]1c1ccccc1. The number of hydrogen-bond donors (Lipinski definition) is 1. The van der Waals surface area contributed by atoms with Gasteiger partial charge in [-0.1, -0.05) is 73.4 Å². The standard InChI is InChI=1S/C22H31NSi/c1-22(2,3)23-21-19(16-10-8-7-9-11-16)14-17-12-13-18(15-20(17)21)24(4,5)6/h7-13,15,19,21,23H,14H2,1-6H3/t19-,21-/m0/s1. The van der Waals surface area contributed by atoms with Crippen molar-refractivity contribution in [3.63, 3.8) is 0 Å². The van der Waals surface area contributed by atoms with Gasteiger partial charge in [0.05, 0.1) is 8.07 Å². The van der Waals surface area contributed by atoms with Crippen LogP contribution in [-0.4, -0.2) is 13.6 Å². The lowest BCUT2D eigenvalue weighted by atomic mass is 9.90.